The molecule has 3 aliphatic rings. The number of anilines is 1. The van der Waals surface area contributed by atoms with Crippen LogP contribution in [0.2, 0.25) is 0 Å². The molecule has 0 unspecified atom stereocenters. The number of hydrogen-bond acceptors (Lipinski definition) is 9. The van der Waals surface area contributed by atoms with E-state index in [1.54, 1.807) is 27.1 Å². The van der Waals surface area contributed by atoms with Crippen LogP contribution in [0.25, 0.3) is 5.76 Å². The molecule has 1 aromatic rings. The number of hydrogen-bond donors (Lipinski definition) is 4. The van der Waals surface area contributed by atoms with E-state index < -0.39 is 52.3 Å². The van der Waals surface area contributed by atoms with E-state index in [1.165, 1.54) is 4.90 Å². The number of benzene rings is 1. The van der Waals surface area contributed by atoms with Crippen molar-refractivity contribution in [3.05, 3.63) is 40.2 Å². The normalized spacial score (nSPS) is 28.0. The van der Waals surface area contributed by atoms with Gasteiger partial charge in [0.05, 0.1) is 18.2 Å². The standard InChI is InChI=1S/C25H31N3O7/c1-6-35-15-8-7-14(27(2)3)12-9-11-10-13-19(28(4)5)21(30)18(24(26)33)23(32)25(13,34)22(31)16(11)20(29)17(12)15/h7-8,11,13,19,29,32,34H,6,9-10H2,1-5H3,(H2,26,33)/t11-,13-,19-,25-/m0/s1. The van der Waals surface area contributed by atoms with Crippen LogP contribution in [-0.4, -0.2) is 84.1 Å². The van der Waals surface area contributed by atoms with Gasteiger partial charge in [-0.3, -0.25) is 19.3 Å². The Bertz CT molecular complexity index is 1200. The molecule has 5 N–H and O–H groups in total. The highest BCUT2D eigenvalue weighted by molar-refractivity contribution is 6.24. The van der Waals surface area contributed by atoms with Gasteiger partial charge in [-0.25, -0.2) is 0 Å². The van der Waals surface area contributed by atoms with Gasteiger partial charge < -0.3 is 30.7 Å². The van der Waals surface area contributed by atoms with E-state index in [4.69, 9.17) is 10.5 Å². The molecule has 1 saturated carbocycles. The molecule has 1 fully saturated rings. The maximum atomic E-state index is 13.9. The Balaban J connectivity index is 1.99. The number of nitrogens with two attached hydrogens (primary N) is 1. The third-order valence-electron chi connectivity index (χ3n) is 7.34. The number of carbonyl (C=O) groups excluding carboxylic acids is 3. The lowest BCUT2D eigenvalue weighted by Gasteiger charge is -2.50. The molecular formula is C25H31N3O7. The summed E-state index contributed by atoms with van der Waals surface area (Å²) in [5.74, 6) is -5.52. The number of nitrogens with zero attached hydrogens (tertiary/aromatic N) is 2. The summed E-state index contributed by atoms with van der Waals surface area (Å²) in [6, 6.07) is 2.52. The number of Topliss-reactive ketones (excluding diaryl/α,β-unsaturated/α-hetero) is 2. The van der Waals surface area contributed by atoms with Gasteiger partial charge in [-0.2, -0.15) is 0 Å². The zero-order chi connectivity index (χ0) is 26.0. The first-order valence-corrected chi connectivity index (χ1v) is 11.5. The average Bonchev–Trinajstić information content (AvgIpc) is 2.75. The van der Waals surface area contributed by atoms with Crippen molar-refractivity contribution in [3.8, 4) is 5.75 Å². The van der Waals surface area contributed by atoms with Crippen LogP contribution in [0.5, 0.6) is 5.75 Å². The van der Waals surface area contributed by atoms with Gasteiger partial charge in [0.15, 0.2) is 11.4 Å². The van der Waals surface area contributed by atoms with E-state index in [0.29, 0.717) is 24.3 Å². The number of rotatable bonds is 5. The molecule has 0 saturated heterocycles. The van der Waals surface area contributed by atoms with E-state index in [0.717, 1.165) is 11.3 Å². The minimum absolute atomic E-state index is 0.0599. The van der Waals surface area contributed by atoms with Crippen molar-refractivity contribution in [2.45, 2.75) is 31.4 Å². The lowest BCUT2D eigenvalue weighted by molar-refractivity contribution is -0.153. The van der Waals surface area contributed by atoms with Crippen molar-refractivity contribution in [2.75, 3.05) is 39.7 Å². The summed E-state index contributed by atoms with van der Waals surface area (Å²) in [5, 5.41) is 34.0. The van der Waals surface area contributed by atoms with E-state index in [-0.39, 0.29) is 17.8 Å². The van der Waals surface area contributed by atoms with Crippen molar-refractivity contribution in [1.29, 1.82) is 0 Å². The highest BCUT2D eigenvalue weighted by atomic mass is 16.5. The number of carbonyl (C=O) groups is 3. The number of amides is 1. The highest BCUT2D eigenvalue weighted by Crippen LogP contribution is 2.53. The lowest BCUT2D eigenvalue weighted by atomic mass is 9.57. The average molecular weight is 486 g/mol. The number of likely N-dealkylation sites (N-methyl/N-ethyl adjacent to an activating group) is 1. The van der Waals surface area contributed by atoms with Crippen LogP contribution >= 0.6 is 0 Å². The Labute approximate surface area is 203 Å². The number of aliphatic hydroxyl groups is 3. The molecular weight excluding hydrogens is 454 g/mol. The minimum atomic E-state index is -2.59. The van der Waals surface area contributed by atoms with Crippen molar-refractivity contribution >= 4 is 28.9 Å². The second-order valence-electron chi connectivity index (χ2n) is 9.73. The minimum Gasteiger partial charge on any atom is -0.508 e. The first kappa shape index (κ1) is 24.7. The van der Waals surface area contributed by atoms with Crippen LogP contribution in [0.15, 0.2) is 29.0 Å². The van der Waals surface area contributed by atoms with Gasteiger partial charge >= 0.3 is 0 Å². The van der Waals surface area contributed by atoms with Crippen molar-refractivity contribution in [3.63, 3.8) is 0 Å². The summed E-state index contributed by atoms with van der Waals surface area (Å²) in [6.45, 7) is 2.13. The van der Waals surface area contributed by atoms with Crippen LogP contribution < -0.4 is 15.4 Å². The topological polar surface area (TPSA) is 154 Å². The lowest BCUT2D eigenvalue weighted by Crippen LogP contribution is -2.65. The van der Waals surface area contributed by atoms with E-state index in [2.05, 4.69) is 0 Å². The summed E-state index contributed by atoms with van der Waals surface area (Å²) < 4.78 is 5.73. The SMILES string of the molecule is CCOc1ccc(N(C)C)c2c1C(O)=C1C(=O)[C@]3(O)C(O)=C(C(N)=O)C(=O)[C@@H](N(C)C)[C@@H]3C[C@@H]1C2. The second kappa shape index (κ2) is 8.39. The number of primary amides is 1. The molecule has 3 aliphatic carbocycles. The molecule has 1 aromatic carbocycles. The van der Waals surface area contributed by atoms with Gasteiger partial charge in [0.2, 0.25) is 5.78 Å². The summed E-state index contributed by atoms with van der Waals surface area (Å²) in [4.78, 5) is 42.5. The third-order valence-corrected chi connectivity index (χ3v) is 7.34. The molecule has 0 bridgehead atoms. The van der Waals surface area contributed by atoms with Crippen LogP contribution in [0.1, 0.15) is 24.5 Å². The monoisotopic (exact) mass is 485 g/mol. The van der Waals surface area contributed by atoms with Gasteiger partial charge in [-0.15, -0.1) is 0 Å². The summed E-state index contributed by atoms with van der Waals surface area (Å²) in [6.07, 6.45) is 0.459. The number of aliphatic hydroxyl groups excluding tert-OH is 2. The van der Waals surface area contributed by atoms with Crippen LogP contribution in [0, 0.1) is 11.8 Å². The Morgan fingerprint density at radius 3 is 2.40 bits per heavy atom. The fraction of sp³-hybridized carbons (Fsp3) is 0.480. The maximum Gasteiger partial charge on any atom is 0.255 e. The summed E-state index contributed by atoms with van der Waals surface area (Å²) in [7, 11) is 6.91. The van der Waals surface area contributed by atoms with Gasteiger partial charge in [0.25, 0.3) is 5.91 Å². The summed E-state index contributed by atoms with van der Waals surface area (Å²) >= 11 is 0. The Morgan fingerprint density at radius 2 is 1.86 bits per heavy atom. The van der Waals surface area contributed by atoms with E-state index >= 15 is 0 Å². The van der Waals surface area contributed by atoms with E-state index in [1.807, 2.05) is 25.1 Å². The first-order chi connectivity index (χ1) is 16.4. The van der Waals surface area contributed by atoms with Crippen LogP contribution in [0.3, 0.4) is 0 Å². The van der Waals surface area contributed by atoms with Crippen molar-refractivity contribution in [2.24, 2.45) is 17.6 Å². The molecule has 188 valence electrons. The zero-order valence-electron chi connectivity index (χ0n) is 20.5. The Morgan fingerprint density at radius 1 is 1.20 bits per heavy atom. The number of ether oxygens (including phenoxy) is 1. The second-order valence-corrected chi connectivity index (χ2v) is 9.73. The molecule has 0 spiro atoms. The fourth-order valence-corrected chi connectivity index (χ4v) is 5.91. The fourth-order valence-electron chi connectivity index (χ4n) is 5.91. The van der Waals surface area contributed by atoms with Gasteiger partial charge in [0.1, 0.15) is 22.8 Å². The van der Waals surface area contributed by atoms with Crippen molar-refractivity contribution in [1.82, 2.24) is 4.90 Å². The zero-order valence-corrected chi connectivity index (χ0v) is 20.5. The van der Waals surface area contributed by atoms with Crippen molar-refractivity contribution < 1.29 is 34.4 Å². The summed E-state index contributed by atoms with van der Waals surface area (Å²) in [5.41, 5.74) is 3.89. The maximum absolute atomic E-state index is 13.9. The molecule has 0 aliphatic heterocycles. The molecule has 4 rings (SSSR count). The molecule has 0 aromatic heterocycles. The molecule has 10 nitrogen and oxygen atoms in total. The Kier molecular flexibility index (Phi) is 5.93. The number of fused-ring (bicyclic) bond motifs is 3. The molecule has 0 heterocycles. The molecule has 4 atom stereocenters. The predicted octanol–water partition coefficient (Wildman–Crippen LogP) is 0.723. The largest absolute Gasteiger partial charge is 0.508 e. The molecule has 0 radical (unpaired) electrons. The third kappa shape index (κ3) is 3.35. The highest BCUT2D eigenvalue weighted by Gasteiger charge is 2.64. The van der Waals surface area contributed by atoms with Gasteiger partial charge in [-0.05, 0) is 57.5 Å². The first-order valence-electron chi connectivity index (χ1n) is 11.5. The van der Waals surface area contributed by atoms with Crippen LogP contribution in [-0.2, 0) is 20.8 Å². The quantitative estimate of drug-likeness (QED) is 0.442. The van der Waals surface area contributed by atoms with Gasteiger partial charge in [-0.1, -0.05) is 0 Å². The predicted molar refractivity (Wildman–Crippen MR) is 128 cm³/mol. The van der Waals surface area contributed by atoms with Gasteiger partial charge in [0, 0.05) is 31.3 Å². The molecule has 1 amide bonds. The molecule has 10 heteroatoms. The number of ketones is 2. The smallest absolute Gasteiger partial charge is 0.255 e. The van der Waals surface area contributed by atoms with Crippen LogP contribution in [0.4, 0.5) is 5.69 Å². The van der Waals surface area contributed by atoms with E-state index in [9.17, 15) is 29.7 Å². The molecule has 35 heavy (non-hydrogen) atoms. The Hall–Kier alpha value is -3.37.